The molecular weight excluding hydrogens is 156 g/mol. The fraction of sp³-hybridized carbons (Fsp3) is 0.375. The van der Waals surface area contributed by atoms with Gasteiger partial charge in [-0.05, 0) is 6.42 Å². The zero-order valence-corrected chi connectivity index (χ0v) is 6.77. The van der Waals surface area contributed by atoms with E-state index in [-0.39, 0.29) is 5.78 Å². The highest BCUT2D eigenvalue weighted by atomic mass is 16.3. The second-order valence-electron chi connectivity index (χ2n) is 2.42. The fourth-order valence-corrected chi connectivity index (χ4v) is 0.804. The highest BCUT2D eigenvalue weighted by Gasteiger charge is 2.14. The monoisotopic (exact) mass is 166 g/mol. The lowest BCUT2D eigenvalue weighted by atomic mass is 10.1. The van der Waals surface area contributed by atoms with Crippen LogP contribution in [-0.2, 0) is 0 Å². The van der Waals surface area contributed by atoms with Gasteiger partial charge in [0.15, 0.2) is 5.78 Å². The minimum Gasteiger partial charge on any atom is -0.385 e. The van der Waals surface area contributed by atoms with Crippen LogP contribution in [0, 0.1) is 0 Å². The number of aliphatic hydroxyl groups excluding tert-OH is 1. The van der Waals surface area contributed by atoms with E-state index < -0.39 is 6.10 Å². The van der Waals surface area contributed by atoms with Crippen LogP contribution in [0.3, 0.4) is 0 Å². The first-order valence-corrected chi connectivity index (χ1v) is 3.73. The Morgan fingerprint density at radius 2 is 2.17 bits per heavy atom. The van der Waals surface area contributed by atoms with Gasteiger partial charge in [0.2, 0.25) is 0 Å². The van der Waals surface area contributed by atoms with Crippen LogP contribution in [0.5, 0.6) is 0 Å². The summed E-state index contributed by atoms with van der Waals surface area (Å²) in [6, 6.07) is 0. The summed E-state index contributed by atoms with van der Waals surface area (Å²) in [5, 5.41) is 9.17. The number of carbonyl (C=O) groups excluding carboxylic acids is 1. The van der Waals surface area contributed by atoms with Crippen LogP contribution in [0.4, 0.5) is 0 Å². The Morgan fingerprint density at radius 1 is 1.58 bits per heavy atom. The first-order valence-electron chi connectivity index (χ1n) is 3.73. The van der Waals surface area contributed by atoms with E-state index in [0.29, 0.717) is 12.0 Å². The lowest BCUT2D eigenvalue weighted by Gasteiger charge is -2.04. The van der Waals surface area contributed by atoms with Crippen molar-refractivity contribution in [1.82, 2.24) is 9.97 Å². The summed E-state index contributed by atoms with van der Waals surface area (Å²) in [7, 11) is 0. The summed E-state index contributed by atoms with van der Waals surface area (Å²) in [5.41, 5.74) is 0.354. The molecule has 1 N–H and O–H groups in total. The molecule has 0 spiro atoms. The molecule has 12 heavy (non-hydrogen) atoms. The number of Topliss-reactive ketones (excluding diaryl/α,β-unsaturated/α-hetero) is 1. The summed E-state index contributed by atoms with van der Waals surface area (Å²) in [4.78, 5) is 18.6. The van der Waals surface area contributed by atoms with Crippen LogP contribution in [0.1, 0.15) is 23.7 Å². The maximum absolute atomic E-state index is 11.2. The van der Waals surface area contributed by atoms with E-state index in [4.69, 9.17) is 0 Å². The van der Waals surface area contributed by atoms with Crippen LogP contribution < -0.4 is 0 Å². The molecule has 4 nitrogen and oxygen atoms in total. The number of hydrogen-bond donors (Lipinski definition) is 1. The standard InChI is InChI=1S/C8H10N2O2/c1-2-7(11)8(12)6-3-9-5-10-4-6/h3-5,7,11H,2H2,1H3. The van der Waals surface area contributed by atoms with Gasteiger partial charge in [0.05, 0.1) is 5.56 Å². The first-order chi connectivity index (χ1) is 5.75. The van der Waals surface area contributed by atoms with Crippen molar-refractivity contribution in [3.8, 4) is 0 Å². The molecule has 0 bridgehead atoms. The summed E-state index contributed by atoms with van der Waals surface area (Å²) in [6.45, 7) is 1.74. The Hall–Kier alpha value is -1.29. The molecule has 0 amide bonds. The van der Waals surface area contributed by atoms with Crippen molar-refractivity contribution in [3.63, 3.8) is 0 Å². The van der Waals surface area contributed by atoms with Crippen molar-refractivity contribution in [3.05, 3.63) is 24.3 Å². The van der Waals surface area contributed by atoms with E-state index in [2.05, 4.69) is 9.97 Å². The first kappa shape index (κ1) is 8.80. The molecule has 0 aliphatic rings. The lowest BCUT2D eigenvalue weighted by molar-refractivity contribution is 0.0740. The molecule has 0 saturated carbocycles. The summed E-state index contributed by atoms with van der Waals surface area (Å²) < 4.78 is 0. The van der Waals surface area contributed by atoms with Crippen molar-refractivity contribution >= 4 is 5.78 Å². The molecular formula is C8H10N2O2. The molecule has 1 rings (SSSR count). The molecule has 1 heterocycles. The van der Waals surface area contributed by atoms with Gasteiger partial charge in [-0.2, -0.15) is 0 Å². The molecule has 0 aliphatic carbocycles. The van der Waals surface area contributed by atoms with Gasteiger partial charge >= 0.3 is 0 Å². The number of nitrogens with zero attached hydrogens (tertiary/aromatic N) is 2. The average molecular weight is 166 g/mol. The highest BCUT2D eigenvalue weighted by Crippen LogP contribution is 2.02. The second-order valence-corrected chi connectivity index (χ2v) is 2.42. The van der Waals surface area contributed by atoms with Gasteiger partial charge in [-0.25, -0.2) is 9.97 Å². The van der Waals surface area contributed by atoms with Gasteiger partial charge in [0.1, 0.15) is 12.4 Å². The topological polar surface area (TPSA) is 63.1 Å². The molecule has 1 aromatic heterocycles. The molecule has 64 valence electrons. The molecule has 0 radical (unpaired) electrons. The number of aromatic nitrogens is 2. The average Bonchev–Trinajstić information content (AvgIpc) is 2.17. The number of hydrogen-bond acceptors (Lipinski definition) is 4. The minimum absolute atomic E-state index is 0.321. The second kappa shape index (κ2) is 3.92. The molecule has 0 aliphatic heterocycles. The third-order valence-corrected chi connectivity index (χ3v) is 1.53. The van der Waals surface area contributed by atoms with E-state index >= 15 is 0 Å². The predicted octanol–water partition coefficient (Wildman–Crippen LogP) is 0.430. The van der Waals surface area contributed by atoms with E-state index in [1.807, 2.05) is 0 Å². The van der Waals surface area contributed by atoms with E-state index in [1.54, 1.807) is 6.92 Å². The molecule has 0 saturated heterocycles. The van der Waals surface area contributed by atoms with Crippen molar-refractivity contribution in [2.75, 3.05) is 0 Å². The third-order valence-electron chi connectivity index (χ3n) is 1.53. The Balaban J connectivity index is 2.79. The zero-order valence-electron chi connectivity index (χ0n) is 6.77. The van der Waals surface area contributed by atoms with Crippen molar-refractivity contribution in [2.45, 2.75) is 19.4 Å². The van der Waals surface area contributed by atoms with Crippen LogP contribution >= 0.6 is 0 Å². The van der Waals surface area contributed by atoms with Gasteiger partial charge < -0.3 is 5.11 Å². The van der Waals surface area contributed by atoms with E-state index in [0.717, 1.165) is 0 Å². The molecule has 4 heteroatoms. The van der Waals surface area contributed by atoms with Gasteiger partial charge in [-0.3, -0.25) is 4.79 Å². The van der Waals surface area contributed by atoms with Crippen LogP contribution in [-0.4, -0.2) is 27.0 Å². The highest BCUT2D eigenvalue weighted by molar-refractivity contribution is 5.98. The van der Waals surface area contributed by atoms with Gasteiger partial charge in [-0.1, -0.05) is 6.92 Å². The summed E-state index contributed by atoms with van der Waals surface area (Å²) >= 11 is 0. The normalized spacial score (nSPS) is 12.5. The molecule has 1 atom stereocenters. The molecule has 1 unspecified atom stereocenters. The number of ketones is 1. The summed E-state index contributed by atoms with van der Waals surface area (Å²) in [5.74, 6) is -0.321. The van der Waals surface area contributed by atoms with Crippen molar-refractivity contribution in [2.24, 2.45) is 0 Å². The maximum atomic E-state index is 11.2. The number of rotatable bonds is 3. The Bertz CT molecular complexity index is 261. The summed E-state index contributed by atoms with van der Waals surface area (Å²) in [6.07, 6.45) is 3.61. The van der Waals surface area contributed by atoms with Gasteiger partial charge in [-0.15, -0.1) is 0 Å². The lowest BCUT2D eigenvalue weighted by Crippen LogP contribution is -2.19. The number of carbonyl (C=O) groups is 1. The van der Waals surface area contributed by atoms with Gasteiger partial charge in [0, 0.05) is 12.4 Å². The van der Waals surface area contributed by atoms with Crippen molar-refractivity contribution in [1.29, 1.82) is 0 Å². The third kappa shape index (κ3) is 1.85. The van der Waals surface area contributed by atoms with E-state index in [9.17, 15) is 9.90 Å². The maximum Gasteiger partial charge on any atom is 0.194 e. The minimum atomic E-state index is -0.934. The Kier molecular flexibility index (Phi) is 2.88. The molecule has 1 aromatic rings. The Morgan fingerprint density at radius 3 is 2.67 bits per heavy atom. The van der Waals surface area contributed by atoms with Crippen molar-refractivity contribution < 1.29 is 9.90 Å². The quantitative estimate of drug-likeness (QED) is 0.661. The smallest absolute Gasteiger partial charge is 0.194 e. The van der Waals surface area contributed by atoms with Crippen LogP contribution in [0.2, 0.25) is 0 Å². The molecule has 0 fully saturated rings. The largest absolute Gasteiger partial charge is 0.385 e. The Labute approximate surface area is 70.3 Å². The predicted molar refractivity (Wildman–Crippen MR) is 42.7 cm³/mol. The van der Waals surface area contributed by atoms with E-state index in [1.165, 1.54) is 18.7 Å². The van der Waals surface area contributed by atoms with Crippen LogP contribution in [0.15, 0.2) is 18.7 Å². The zero-order chi connectivity index (χ0) is 8.97. The fourth-order valence-electron chi connectivity index (χ4n) is 0.804. The number of aliphatic hydroxyl groups is 1. The SMILES string of the molecule is CCC(O)C(=O)c1cncnc1. The van der Waals surface area contributed by atoms with Crippen LogP contribution in [0.25, 0.3) is 0 Å². The molecule has 0 aromatic carbocycles. The van der Waals surface area contributed by atoms with Gasteiger partial charge in [0.25, 0.3) is 0 Å².